The van der Waals surface area contributed by atoms with Gasteiger partial charge in [0.2, 0.25) is 0 Å². The van der Waals surface area contributed by atoms with E-state index in [4.69, 9.17) is 9.79 Å². The van der Waals surface area contributed by atoms with E-state index in [1.54, 1.807) is 37.3 Å². The summed E-state index contributed by atoms with van der Waals surface area (Å²) in [5, 5.41) is 0. The number of pyridine rings is 1. The molecule has 1 aromatic rings. The van der Waals surface area contributed by atoms with Crippen molar-refractivity contribution in [3.8, 4) is 0 Å². The molecule has 0 atom stereocenters. The Kier molecular flexibility index (Phi) is 3.82. The molecule has 84 valence electrons. The second kappa shape index (κ2) is 4.72. The average molecular weight is 232 g/mol. The van der Waals surface area contributed by atoms with Gasteiger partial charge in [-0.05, 0) is 6.07 Å². The molecule has 0 aliphatic carbocycles. The molecule has 0 unspecified atom stereocenters. The van der Waals surface area contributed by atoms with Crippen LogP contribution in [0, 0.1) is 0 Å². The van der Waals surface area contributed by atoms with E-state index < -0.39 is 7.82 Å². The first-order valence-electron chi connectivity index (χ1n) is 4.21. The van der Waals surface area contributed by atoms with Crippen molar-refractivity contribution in [2.24, 2.45) is 0 Å². The van der Waals surface area contributed by atoms with Crippen LogP contribution in [0.15, 0.2) is 18.3 Å². The van der Waals surface area contributed by atoms with Crippen molar-refractivity contribution in [3.05, 3.63) is 23.9 Å². The summed E-state index contributed by atoms with van der Waals surface area (Å²) in [6.07, 6.45) is 1.61. The molecule has 0 amide bonds. The molecule has 0 fully saturated rings. The van der Waals surface area contributed by atoms with Crippen molar-refractivity contribution in [1.82, 2.24) is 4.98 Å². The molecule has 0 radical (unpaired) electrons. The molecule has 0 saturated carbocycles. The minimum Gasteiger partial charge on any atom is -0.362 e. The van der Waals surface area contributed by atoms with Crippen LogP contribution in [0.5, 0.6) is 0 Å². The quantitative estimate of drug-likeness (QED) is 0.745. The van der Waals surface area contributed by atoms with Crippen molar-refractivity contribution in [1.29, 1.82) is 0 Å². The highest BCUT2D eigenvalue weighted by Gasteiger charge is 2.15. The molecule has 0 aliphatic heterocycles. The topological polar surface area (TPSA) is 82.9 Å². The zero-order valence-electron chi connectivity index (χ0n) is 8.49. The Labute approximate surface area is 87.8 Å². The van der Waals surface area contributed by atoms with Crippen LogP contribution < -0.4 is 4.90 Å². The lowest BCUT2D eigenvalue weighted by atomic mass is 10.2. The number of hydrogen-bond acceptors (Lipinski definition) is 4. The number of rotatable bonds is 4. The first kappa shape index (κ1) is 12.1. The van der Waals surface area contributed by atoms with Gasteiger partial charge in [-0.15, -0.1) is 0 Å². The standard InChI is InChI=1S/C8H13N2O4P/c1-10(2)8-7(4-3-5-9-8)6-14-15(11,12)13/h3-5H,6H2,1-2H3,(H2,11,12,13). The zero-order valence-corrected chi connectivity index (χ0v) is 9.39. The smallest absolute Gasteiger partial charge is 0.362 e. The summed E-state index contributed by atoms with van der Waals surface area (Å²) in [5.41, 5.74) is 0.630. The predicted octanol–water partition coefficient (Wildman–Crippen LogP) is 0.757. The van der Waals surface area contributed by atoms with Gasteiger partial charge in [0.25, 0.3) is 0 Å². The van der Waals surface area contributed by atoms with Crippen LogP contribution in [0.1, 0.15) is 5.56 Å². The van der Waals surface area contributed by atoms with Crippen LogP contribution >= 0.6 is 7.82 Å². The van der Waals surface area contributed by atoms with E-state index in [-0.39, 0.29) is 6.61 Å². The van der Waals surface area contributed by atoms with Crippen LogP contribution in [0.2, 0.25) is 0 Å². The second-order valence-electron chi connectivity index (χ2n) is 3.14. The number of aromatic nitrogens is 1. The summed E-state index contributed by atoms with van der Waals surface area (Å²) in [5.74, 6) is 0.631. The van der Waals surface area contributed by atoms with Crippen molar-refractivity contribution < 1.29 is 18.9 Å². The van der Waals surface area contributed by atoms with Gasteiger partial charge in [0, 0.05) is 25.9 Å². The monoisotopic (exact) mass is 232 g/mol. The van der Waals surface area contributed by atoms with E-state index >= 15 is 0 Å². The summed E-state index contributed by atoms with van der Waals surface area (Å²) < 4.78 is 14.9. The highest BCUT2D eigenvalue weighted by Crippen LogP contribution is 2.37. The minimum atomic E-state index is -4.43. The minimum absolute atomic E-state index is 0.161. The van der Waals surface area contributed by atoms with Crippen molar-refractivity contribution in [2.75, 3.05) is 19.0 Å². The van der Waals surface area contributed by atoms with E-state index in [1.807, 2.05) is 0 Å². The van der Waals surface area contributed by atoms with E-state index in [1.165, 1.54) is 0 Å². The predicted molar refractivity (Wildman–Crippen MR) is 55.4 cm³/mol. The summed E-state index contributed by atoms with van der Waals surface area (Å²) in [7, 11) is -0.838. The van der Waals surface area contributed by atoms with Crippen LogP contribution in [0.3, 0.4) is 0 Å². The molecular weight excluding hydrogens is 219 g/mol. The van der Waals surface area contributed by atoms with Gasteiger partial charge in [0.05, 0.1) is 6.61 Å². The highest BCUT2D eigenvalue weighted by atomic mass is 31.2. The summed E-state index contributed by atoms with van der Waals surface area (Å²) in [4.78, 5) is 22.9. The third kappa shape index (κ3) is 3.97. The Hall–Kier alpha value is -0.940. The molecule has 0 aromatic carbocycles. The van der Waals surface area contributed by atoms with Gasteiger partial charge in [0.15, 0.2) is 0 Å². The Balaban J connectivity index is 2.81. The number of anilines is 1. The molecule has 1 aromatic heterocycles. The van der Waals surface area contributed by atoms with E-state index in [2.05, 4.69) is 9.51 Å². The van der Waals surface area contributed by atoms with E-state index in [9.17, 15) is 4.57 Å². The number of phosphoric ester groups is 1. The van der Waals surface area contributed by atoms with Gasteiger partial charge in [-0.3, -0.25) is 4.52 Å². The third-order valence-electron chi connectivity index (χ3n) is 1.68. The molecule has 15 heavy (non-hydrogen) atoms. The van der Waals surface area contributed by atoms with Crippen LogP contribution in [0.25, 0.3) is 0 Å². The van der Waals surface area contributed by atoms with Crippen molar-refractivity contribution in [2.45, 2.75) is 6.61 Å². The Morgan fingerprint density at radius 2 is 2.20 bits per heavy atom. The fourth-order valence-electron chi connectivity index (χ4n) is 1.10. The maximum Gasteiger partial charge on any atom is 0.469 e. The van der Waals surface area contributed by atoms with E-state index in [0.717, 1.165) is 0 Å². The fraction of sp³-hybridized carbons (Fsp3) is 0.375. The first-order chi connectivity index (χ1) is 6.90. The van der Waals surface area contributed by atoms with Gasteiger partial charge >= 0.3 is 7.82 Å². The van der Waals surface area contributed by atoms with Crippen LogP contribution in [-0.2, 0) is 15.7 Å². The molecule has 2 N–H and O–H groups in total. The number of nitrogens with zero attached hydrogens (tertiary/aromatic N) is 2. The lowest BCUT2D eigenvalue weighted by Crippen LogP contribution is -2.13. The van der Waals surface area contributed by atoms with Gasteiger partial charge in [0.1, 0.15) is 5.82 Å². The molecule has 6 nitrogen and oxygen atoms in total. The molecular formula is C8H13N2O4P. The molecule has 0 saturated heterocycles. The summed E-state index contributed by atoms with van der Waals surface area (Å²) >= 11 is 0. The molecule has 0 aliphatic rings. The zero-order chi connectivity index (χ0) is 11.5. The highest BCUT2D eigenvalue weighted by molar-refractivity contribution is 7.46. The van der Waals surface area contributed by atoms with E-state index in [0.29, 0.717) is 11.4 Å². The molecule has 0 bridgehead atoms. The molecule has 1 heterocycles. The Morgan fingerprint density at radius 1 is 1.53 bits per heavy atom. The maximum absolute atomic E-state index is 10.5. The number of hydrogen-bond donors (Lipinski definition) is 2. The fourth-order valence-corrected chi connectivity index (χ4v) is 1.41. The Morgan fingerprint density at radius 3 is 2.73 bits per heavy atom. The molecule has 7 heteroatoms. The van der Waals surface area contributed by atoms with Gasteiger partial charge in [-0.1, -0.05) is 6.07 Å². The SMILES string of the molecule is CN(C)c1ncccc1COP(=O)(O)O. The van der Waals surface area contributed by atoms with Gasteiger partial charge in [-0.2, -0.15) is 0 Å². The number of phosphoric acid groups is 1. The average Bonchev–Trinajstić information content (AvgIpc) is 2.14. The summed E-state index contributed by atoms with van der Waals surface area (Å²) in [6, 6.07) is 3.39. The lowest BCUT2D eigenvalue weighted by Gasteiger charge is -2.15. The van der Waals surface area contributed by atoms with Gasteiger partial charge < -0.3 is 14.7 Å². The molecule has 0 spiro atoms. The normalized spacial score (nSPS) is 11.5. The maximum atomic E-state index is 10.5. The first-order valence-corrected chi connectivity index (χ1v) is 5.74. The van der Waals surface area contributed by atoms with Gasteiger partial charge in [-0.25, -0.2) is 9.55 Å². The van der Waals surface area contributed by atoms with Crippen molar-refractivity contribution >= 4 is 13.6 Å². The third-order valence-corrected chi connectivity index (χ3v) is 2.14. The second-order valence-corrected chi connectivity index (χ2v) is 4.38. The van der Waals surface area contributed by atoms with Crippen molar-refractivity contribution in [3.63, 3.8) is 0 Å². The largest absolute Gasteiger partial charge is 0.469 e. The van der Waals surface area contributed by atoms with Crippen LogP contribution in [0.4, 0.5) is 5.82 Å². The summed E-state index contributed by atoms with van der Waals surface area (Å²) in [6.45, 7) is -0.161. The lowest BCUT2D eigenvalue weighted by molar-refractivity contribution is 0.189. The van der Waals surface area contributed by atoms with Crippen LogP contribution in [-0.4, -0.2) is 28.9 Å². The molecule has 1 rings (SSSR count). The Bertz CT molecular complexity index is 377.